The molecule has 0 radical (unpaired) electrons. The first kappa shape index (κ1) is 9.67. The molecular weight excluding hydrogens is 222 g/mol. The monoisotopic (exact) mass is 229 g/mol. The van der Waals surface area contributed by atoms with Crippen molar-refractivity contribution in [1.82, 2.24) is 19.8 Å². The summed E-state index contributed by atoms with van der Waals surface area (Å²) in [5.41, 5.74) is 9.80. The average Bonchev–Trinajstić information content (AvgIpc) is 2.83. The van der Waals surface area contributed by atoms with Crippen LogP contribution in [0.25, 0.3) is 16.1 Å². The molecule has 0 bridgehead atoms. The van der Waals surface area contributed by atoms with Crippen molar-refractivity contribution in [3.05, 3.63) is 22.3 Å². The summed E-state index contributed by atoms with van der Waals surface area (Å²) < 4.78 is 1.46. The molecule has 84 valence electrons. The van der Waals surface area contributed by atoms with Crippen LogP contribution in [0.1, 0.15) is 19.4 Å². The lowest BCUT2D eigenvalue weighted by Crippen LogP contribution is -2.12. The molecule has 0 spiro atoms. The Balaban J connectivity index is 2.48. The van der Waals surface area contributed by atoms with Gasteiger partial charge in [0.1, 0.15) is 17.6 Å². The van der Waals surface area contributed by atoms with Crippen LogP contribution in [0.2, 0.25) is 0 Å². The van der Waals surface area contributed by atoms with Gasteiger partial charge < -0.3 is 0 Å². The summed E-state index contributed by atoms with van der Waals surface area (Å²) in [7, 11) is 0. The molecule has 9 nitrogen and oxygen atoms in total. The highest BCUT2D eigenvalue weighted by Crippen LogP contribution is 2.45. The summed E-state index contributed by atoms with van der Waals surface area (Å²) in [4.78, 5) is 2.73. The zero-order valence-electron chi connectivity index (χ0n) is 9.10. The van der Waals surface area contributed by atoms with Crippen LogP contribution < -0.4 is 0 Å². The molecule has 2 aromatic rings. The van der Waals surface area contributed by atoms with Gasteiger partial charge in [-0.25, -0.2) is 0 Å². The topological polar surface area (TPSA) is 117 Å². The highest BCUT2D eigenvalue weighted by atomic mass is 15.4. The van der Waals surface area contributed by atoms with Crippen LogP contribution >= 0.6 is 0 Å². The Hall–Kier alpha value is -2.54. The quantitative estimate of drug-likeness (QED) is 0.424. The molecule has 0 saturated heterocycles. The van der Waals surface area contributed by atoms with Crippen molar-refractivity contribution in [3.8, 4) is 0 Å². The summed E-state index contributed by atoms with van der Waals surface area (Å²) in [5.74, 6) is 0.184. The highest BCUT2D eigenvalue weighted by Gasteiger charge is 2.34. The standard InChI is InChI=1S/C8H7N9/c1-8(2)4-5(11-15-8)6(12-16-9)14-17-3-10-13-7(4)17/h3H,1-2H3. The summed E-state index contributed by atoms with van der Waals surface area (Å²) >= 11 is 0. The second-order valence-electron chi connectivity index (χ2n) is 4.09. The highest BCUT2D eigenvalue weighted by molar-refractivity contribution is 5.73. The average molecular weight is 229 g/mol. The number of azo groups is 1. The summed E-state index contributed by atoms with van der Waals surface area (Å²) in [6.45, 7) is 3.80. The minimum Gasteiger partial charge on any atom is -0.200 e. The van der Waals surface area contributed by atoms with Crippen LogP contribution in [-0.4, -0.2) is 19.8 Å². The van der Waals surface area contributed by atoms with Gasteiger partial charge in [-0.15, -0.1) is 10.2 Å². The molecule has 1 aliphatic heterocycles. The first-order chi connectivity index (χ1) is 8.13. The maximum atomic E-state index is 8.51. The van der Waals surface area contributed by atoms with Crippen LogP contribution in [0.4, 0.5) is 11.5 Å². The van der Waals surface area contributed by atoms with E-state index in [0.29, 0.717) is 11.3 Å². The number of aromatic nitrogens is 4. The van der Waals surface area contributed by atoms with E-state index in [2.05, 4.69) is 35.6 Å². The van der Waals surface area contributed by atoms with Gasteiger partial charge in [-0.2, -0.15) is 19.8 Å². The van der Waals surface area contributed by atoms with E-state index in [1.54, 1.807) is 0 Å². The van der Waals surface area contributed by atoms with Crippen molar-refractivity contribution in [3.63, 3.8) is 0 Å². The van der Waals surface area contributed by atoms with E-state index in [9.17, 15) is 0 Å². The number of rotatable bonds is 1. The molecule has 1 aliphatic rings. The van der Waals surface area contributed by atoms with Gasteiger partial charge in [-0.3, -0.25) is 0 Å². The predicted molar refractivity (Wildman–Crippen MR) is 57.1 cm³/mol. The van der Waals surface area contributed by atoms with Crippen LogP contribution in [-0.2, 0) is 5.54 Å². The molecular formula is C8H7N9. The fraction of sp³-hybridized carbons (Fsp3) is 0.375. The number of azide groups is 1. The zero-order valence-corrected chi connectivity index (χ0v) is 9.10. The van der Waals surface area contributed by atoms with Gasteiger partial charge >= 0.3 is 0 Å². The smallest absolute Gasteiger partial charge is 0.185 e. The van der Waals surface area contributed by atoms with E-state index in [4.69, 9.17) is 5.53 Å². The maximum absolute atomic E-state index is 8.51. The van der Waals surface area contributed by atoms with Gasteiger partial charge in [-0.05, 0) is 24.5 Å². The van der Waals surface area contributed by atoms with Crippen LogP contribution in [0.15, 0.2) is 21.7 Å². The minimum absolute atomic E-state index is 0.184. The second kappa shape index (κ2) is 2.98. The van der Waals surface area contributed by atoms with Crippen LogP contribution in [0, 0.1) is 0 Å². The third-order valence-electron chi connectivity index (χ3n) is 2.56. The van der Waals surface area contributed by atoms with Crippen molar-refractivity contribution in [2.24, 2.45) is 15.3 Å². The summed E-state index contributed by atoms with van der Waals surface area (Å²) in [6, 6.07) is 0. The molecule has 2 aromatic heterocycles. The number of hydrogen-bond acceptors (Lipinski definition) is 6. The molecule has 0 aliphatic carbocycles. The second-order valence-corrected chi connectivity index (χ2v) is 4.09. The van der Waals surface area contributed by atoms with E-state index in [1.807, 2.05) is 13.8 Å². The van der Waals surface area contributed by atoms with E-state index < -0.39 is 5.54 Å². The Bertz CT molecular complexity index is 688. The van der Waals surface area contributed by atoms with Gasteiger partial charge in [-0.1, -0.05) is 0 Å². The van der Waals surface area contributed by atoms with Gasteiger partial charge in [0.05, 0.1) is 5.56 Å². The molecule has 0 fully saturated rings. The van der Waals surface area contributed by atoms with Crippen molar-refractivity contribution >= 4 is 17.2 Å². The molecule has 17 heavy (non-hydrogen) atoms. The Morgan fingerprint density at radius 1 is 1.47 bits per heavy atom. The SMILES string of the molecule is CC1(C)N=Nc2c(N=[N+]=[N-])nn3cnnc3c21. The molecule has 0 atom stereocenters. The minimum atomic E-state index is -0.522. The van der Waals surface area contributed by atoms with E-state index >= 15 is 0 Å². The van der Waals surface area contributed by atoms with E-state index in [0.717, 1.165) is 5.56 Å². The lowest BCUT2D eigenvalue weighted by atomic mass is 9.96. The summed E-state index contributed by atoms with van der Waals surface area (Å²) in [5, 5.41) is 23.5. The first-order valence-electron chi connectivity index (χ1n) is 4.86. The van der Waals surface area contributed by atoms with Crippen LogP contribution in [0.3, 0.4) is 0 Å². The van der Waals surface area contributed by atoms with Crippen molar-refractivity contribution in [2.45, 2.75) is 19.4 Å². The Labute approximate surface area is 94.8 Å². The largest absolute Gasteiger partial charge is 0.200 e. The van der Waals surface area contributed by atoms with Crippen molar-refractivity contribution in [2.75, 3.05) is 0 Å². The maximum Gasteiger partial charge on any atom is 0.185 e. The molecule has 0 unspecified atom stereocenters. The number of fused-ring (bicyclic) bond motifs is 3. The van der Waals surface area contributed by atoms with Gasteiger partial charge in [0.15, 0.2) is 11.5 Å². The van der Waals surface area contributed by atoms with Crippen LogP contribution in [0.5, 0.6) is 0 Å². The molecule has 3 heterocycles. The van der Waals surface area contributed by atoms with Crippen molar-refractivity contribution < 1.29 is 0 Å². The summed E-state index contributed by atoms with van der Waals surface area (Å²) in [6.07, 6.45) is 1.44. The van der Waals surface area contributed by atoms with Gasteiger partial charge in [0, 0.05) is 4.91 Å². The molecule has 3 rings (SSSR count). The number of nitrogens with zero attached hydrogens (tertiary/aromatic N) is 9. The predicted octanol–water partition coefficient (Wildman–Crippen LogP) is 2.40. The molecule has 0 aromatic carbocycles. The number of hydrogen-bond donors (Lipinski definition) is 0. The lowest BCUT2D eigenvalue weighted by molar-refractivity contribution is 0.556. The normalized spacial score (nSPS) is 15.9. The van der Waals surface area contributed by atoms with Gasteiger partial charge in [0.2, 0.25) is 0 Å². The molecule has 0 N–H and O–H groups in total. The Kier molecular flexibility index (Phi) is 1.70. The van der Waals surface area contributed by atoms with Crippen molar-refractivity contribution in [1.29, 1.82) is 0 Å². The Morgan fingerprint density at radius 2 is 2.29 bits per heavy atom. The first-order valence-corrected chi connectivity index (χ1v) is 4.86. The fourth-order valence-corrected chi connectivity index (χ4v) is 1.83. The third kappa shape index (κ3) is 1.20. The lowest BCUT2D eigenvalue weighted by Gasteiger charge is -2.14. The fourth-order valence-electron chi connectivity index (χ4n) is 1.83. The molecule has 9 heteroatoms. The Morgan fingerprint density at radius 3 is 3.06 bits per heavy atom. The molecule has 0 amide bonds. The molecule has 0 saturated carbocycles. The van der Waals surface area contributed by atoms with E-state index in [-0.39, 0.29) is 5.82 Å². The third-order valence-corrected chi connectivity index (χ3v) is 2.56. The zero-order chi connectivity index (χ0) is 12.0. The van der Waals surface area contributed by atoms with E-state index in [1.165, 1.54) is 10.8 Å². The van der Waals surface area contributed by atoms with Gasteiger partial charge in [0.25, 0.3) is 0 Å².